The average Bonchev–Trinajstić information content (AvgIpc) is 3.64. The van der Waals surface area contributed by atoms with Gasteiger partial charge >= 0.3 is 0 Å². The molecule has 0 N–H and O–H groups in total. The highest BCUT2D eigenvalue weighted by Crippen LogP contribution is 2.50. The van der Waals surface area contributed by atoms with Crippen molar-refractivity contribution in [2.75, 3.05) is 26.2 Å². The van der Waals surface area contributed by atoms with Crippen molar-refractivity contribution in [2.45, 2.75) is 63.3 Å². The number of benzene rings is 2. The Bertz CT molecular complexity index is 858. The van der Waals surface area contributed by atoms with E-state index in [2.05, 4.69) is 58.3 Å². The van der Waals surface area contributed by atoms with Crippen LogP contribution in [0.2, 0.25) is 0 Å². The maximum Gasteiger partial charge on any atom is 0.233 e. The molecule has 31 heavy (non-hydrogen) atoms. The molecule has 1 amide bonds. The van der Waals surface area contributed by atoms with Crippen molar-refractivity contribution in [3.05, 3.63) is 71.3 Å². The van der Waals surface area contributed by atoms with Gasteiger partial charge in [-0.05, 0) is 80.6 Å². The highest BCUT2D eigenvalue weighted by Gasteiger charge is 2.53. The van der Waals surface area contributed by atoms with Crippen LogP contribution in [-0.2, 0) is 23.2 Å². The molecule has 2 aromatic rings. The van der Waals surface area contributed by atoms with E-state index in [1.165, 1.54) is 49.0 Å². The van der Waals surface area contributed by atoms with Crippen LogP contribution in [0, 0.1) is 5.92 Å². The Morgan fingerprint density at radius 1 is 0.806 bits per heavy atom. The number of nitrogens with zero attached hydrogens (tertiary/aromatic N) is 2. The summed E-state index contributed by atoms with van der Waals surface area (Å²) in [4.78, 5) is 18.0. The molecule has 0 aromatic heterocycles. The van der Waals surface area contributed by atoms with Gasteiger partial charge in [-0.1, -0.05) is 61.0 Å². The van der Waals surface area contributed by atoms with Crippen LogP contribution in [-0.4, -0.2) is 41.9 Å². The maximum absolute atomic E-state index is 13.3. The molecule has 3 aliphatic rings. The molecule has 0 atom stereocenters. The van der Waals surface area contributed by atoms with E-state index in [1.54, 1.807) is 0 Å². The minimum atomic E-state index is -0.210. The second-order valence-corrected chi connectivity index (χ2v) is 10.0. The van der Waals surface area contributed by atoms with Crippen molar-refractivity contribution in [2.24, 2.45) is 5.92 Å². The zero-order valence-electron chi connectivity index (χ0n) is 18.8. The predicted octanol–water partition coefficient (Wildman–Crippen LogP) is 5.19. The second-order valence-electron chi connectivity index (χ2n) is 10.0. The zero-order chi connectivity index (χ0) is 21.1. The smallest absolute Gasteiger partial charge is 0.233 e. The molecular formula is C28H36N2O. The molecule has 5 rings (SSSR count). The fourth-order valence-electron chi connectivity index (χ4n) is 5.64. The number of amides is 1. The monoisotopic (exact) mass is 416 g/mol. The molecule has 2 aliphatic heterocycles. The molecule has 3 fully saturated rings. The third-order valence-electron chi connectivity index (χ3n) is 7.79. The summed E-state index contributed by atoms with van der Waals surface area (Å²) in [7, 11) is 0. The second kappa shape index (κ2) is 9.16. The van der Waals surface area contributed by atoms with Gasteiger partial charge in [0, 0.05) is 19.6 Å². The highest BCUT2D eigenvalue weighted by molar-refractivity contribution is 5.91. The summed E-state index contributed by atoms with van der Waals surface area (Å²) < 4.78 is 0. The number of piperidine rings is 2. The van der Waals surface area contributed by atoms with Crippen molar-refractivity contribution in [1.82, 2.24) is 9.80 Å². The van der Waals surface area contributed by atoms with E-state index in [0.29, 0.717) is 11.8 Å². The van der Waals surface area contributed by atoms with Crippen LogP contribution in [0.4, 0.5) is 0 Å². The summed E-state index contributed by atoms with van der Waals surface area (Å²) in [6, 6.07) is 19.8. The lowest BCUT2D eigenvalue weighted by atomic mass is 9.88. The first-order valence-electron chi connectivity index (χ1n) is 12.4. The normalized spacial score (nSPS) is 21.7. The first-order valence-corrected chi connectivity index (χ1v) is 12.4. The first-order chi connectivity index (χ1) is 15.2. The molecule has 2 aromatic carbocycles. The maximum atomic E-state index is 13.3. The fourth-order valence-corrected chi connectivity index (χ4v) is 5.64. The third kappa shape index (κ3) is 4.72. The summed E-state index contributed by atoms with van der Waals surface area (Å²) in [5.41, 5.74) is 3.90. The molecule has 1 saturated carbocycles. The van der Waals surface area contributed by atoms with Crippen LogP contribution < -0.4 is 0 Å². The summed E-state index contributed by atoms with van der Waals surface area (Å²) in [5, 5.41) is 0. The van der Waals surface area contributed by atoms with E-state index in [4.69, 9.17) is 0 Å². The van der Waals surface area contributed by atoms with Gasteiger partial charge in [0.05, 0.1) is 5.41 Å². The van der Waals surface area contributed by atoms with Gasteiger partial charge in [0.1, 0.15) is 0 Å². The minimum absolute atomic E-state index is 0.210. The Balaban J connectivity index is 1.11. The van der Waals surface area contributed by atoms with Crippen molar-refractivity contribution in [3.8, 4) is 0 Å². The predicted molar refractivity (Wildman–Crippen MR) is 126 cm³/mol. The lowest BCUT2D eigenvalue weighted by molar-refractivity contribution is -0.135. The molecular weight excluding hydrogens is 380 g/mol. The van der Waals surface area contributed by atoms with Crippen molar-refractivity contribution >= 4 is 5.91 Å². The Morgan fingerprint density at radius 3 is 2.10 bits per heavy atom. The molecule has 0 radical (unpaired) electrons. The molecule has 164 valence electrons. The van der Waals surface area contributed by atoms with E-state index in [-0.39, 0.29) is 5.41 Å². The molecule has 2 heterocycles. The van der Waals surface area contributed by atoms with E-state index in [0.717, 1.165) is 51.7 Å². The average molecular weight is 417 g/mol. The number of likely N-dealkylation sites (tertiary alicyclic amines) is 2. The summed E-state index contributed by atoms with van der Waals surface area (Å²) in [5.74, 6) is 1.07. The Hall–Kier alpha value is -2.13. The van der Waals surface area contributed by atoms with Gasteiger partial charge in [-0.2, -0.15) is 0 Å². The van der Waals surface area contributed by atoms with Gasteiger partial charge in [0.15, 0.2) is 0 Å². The topological polar surface area (TPSA) is 23.6 Å². The van der Waals surface area contributed by atoms with Gasteiger partial charge in [-0.15, -0.1) is 0 Å². The van der Waals surface area contributed by atoms with Gasteiger partial charge in [0.25, 0.3) is 0 Å². The van der Waals surface area contributed by atoms with Gasteiger partial charge in [-0.3, -0.25) is 9.69 Å². The first kappa shape index (κ1) is 20.8. The number of rotatable bonds is 6. The molecule has 0 bridgehead atoms. The quantitative estimate of drug-likeness (QED) is 0.647. The van der Waals surface area contributed by atoms with E-state index in [1.807, 2.05) is 6.07 Å². The molecule has 3 nitrogen and oxygen atoms in total. The van der Waals surface area contributed by atoms with Crippen molar-refractivity contribution in [1.29, 1.82) is 0 Å². The number of hydrogen-bond acceptors (Lipinski definition) is 2. The lowest BCUT2D eigenvalue weighted by Crippen LogP contribution is -2.44. The largest absolute Gasteiger partial charge is 0.342 e. The van der Waals surface area contributed by atoms with E-state index < -0.39 is 0 Å². The van der Waals surface area contributed by atoms with E-state index >= 15 is 0 Å². The molecule has 1 aliphatic carbocycles. The molecule has 3 heteroatoms. The van der Waals surface area contributed by atoms with Crippen LogP contribution in [0.1, 0.15) is 61.6 Å². The number of hydrogen-bond donors (Lipinski definition) is 0. The highest BCUT2D eigenvalue weighted by atomic mass is 16.2. The van der Waals surface area contributed by atoms with Crippen LogP contribution in [0.3, 0.4) is 0 Å². The van der Waals surface area contributed by atoms with Crippen LogP contribution in [0.5, 0.6) is 0 Å². The van der Waals surface area contributed by atoms with Crippen molar-refractivity contribution in [3.63, 3.8) is 0 Å². The Kier molecular flexibility index (Phi) is 6.13. The molecule has 0 unspecified atom stereocenters. The minimum Gasteiger partial charge on any atom is -0.342 e. The van der Waals surface area contributed by atoms with Crippen LogP contribution >= 0.6 is 0 Å². The number of carbonyl (C=O) groups is 1. The fraction of sp³-hybridized carbons (Fsp3) is 0.536. The van der Waals surface area contributed by atoms with Gasteiger partial charge < -0.3 is 4.90 Å². The number of carbonyl (C=O) groups excluding carboxylic acids is 1. The van der Waals surface area contributed by atoms with Gasteiger partial charge in [0.2, 0.25) is 5.91 Å². The standard InChI is InChI=1S/C28H36N2O/c31-27(28(15-16-28)26-7-3-1-4-8-26)30-19-13-24(14-20-30)21-23-9-11-25(12-10-23)22-29-17-5-2-6-18-29/h1,3-4,7-12,24H,2,5-6,13-22H2. The molecule has 2 saturated heterocycles. The van der Waals surface area contributed by atoms with E-state index in [9.17, 15) is 4.79 Å². The van der Waals surface area contributed by atoms with Crippen LogP contribution in [0.25, 0.3) is 0 Å². The lowest BCUT2D eigenvalue weighted by Gasteiger charge is -2.34. The third-order valence-corrected chi connectivity index (χ3v) is 7.79. The SMILES string of the molecule is O=C(N1CCC(Cc2ccc(CN3CCCCC3)cc2)CC1)C1(c2ccccc2)CC1. The Labute approximate surface area is 187 Å². The summed E-state index contributed by atoms with van der Waals surface area (Å²) >= 11 is 0. The summed E-state index contributed by atoms with van der Waals surface area (Å²) in [6.45, 7) is 5.45. The van der Waals surface area contributed by atoms with Crippen LogP contribution in [0.15, 0.2) is 54.6 Å². The zero-order valence-corrected chi connectivity index (χ0v) is 18.8. The van der Waals surface area contributed by atoms with Gasteiger partial charge in [-0.25, -0.2) is 0 Å². The molecule has 0 spiro atoms. The van der Waals surface area contributed by atoms with Crippen molar-refractivity contribution < 1.29 is 4.79 Å². The Morgan fingerprint density at radius 2 is 1.45 bits per heavy atom. The summed E-state index contributed by atoms with van der Waals surface area (Å²) in [6.07, 6.45) is 9.54.